The molecular weight excluding hydrogens is 360 g/mol. The van der Waals surface area contributed by atoms with Crippen LogP contribution in [-0.2, 0) is 9.53 Å². The maximum atomic E-state index is 12.3. The lowest BCUT2D eigenvalue weighted by Gasteiger charge is -2.15. The molecule has 1 N–H and O–H groups in total. The second kappa shape index (κ2) is 7.63. The Hall–Kier alpha value is -3.49. The van der Waals surface area contributed by atoms with Crippen LogP contribution in [0.2, 0.25) is 0 Å². The largest absolute Gasteiger partial charge is 0.447 e. The maximum absolute atomic E-state index is 12.3. The first-order chi connectivity index (χ1) is 13.2. The third-order valence-corrected chi connectivity index (χ3v) is 4.11. The minimum atomic E-state index is -1.01. The van der Waals surface area contributed by atoms with Gasteiger partial charge in [0.05, 0.1) is 0 Å². The smallest absolute Gasteiger partial charge is 0.379 e. The summed E-state index contributed by atoms with van der Waals surface area (Å²) < 4.78 is 6.67. The molecule has 0 aliphatic carbocycles. The number of aryl methyl sites for hydroxylation is 2. The molecule has 2 heterocycles. The normalized spacial score (nSPS) is 11.9. The highest BCUT2D eigenvalue weighted by atomic mass is 16.5. The van der Waals surface area contributed by atoms with Crippen LogP contribution in [0.3, 0.4) is 0 Å². The van der Waals surface area contributed by atoms with Gasteiger partial charge in [0.1, 0.15) is 0 Å². The van der Waals surface area contributed by atoms with Gasteiger partial charge in [-0.3, -0.25) is 4.79 Å². The van der Waals surface area contributed by atoms with E-state index in [1.165, 1.54) is 11.4 Å². The number of anilines is 2. The molecule has 0 saturated carbocycles. The van der Waals surface area contributed by atoms with Crippen molar-refractivity contribution in [3.05, 3.63) is 47.5 Å². The molecule has 0 aliphatic rings. The van der Waals surface area contributed by atoms with Gasteiger partial charge in [-0.05, 0) is 51.1 Å². The highest BCUT2D eigenvalue weighted by Gasteiger charge is 2.23. The molecule has 1 unspecified atom stereocenters. The Labute approximate surface area is 162 Å². The Morgan fingerprint density at radius 3 is 2.46 bits per heavy atom. The van der Waals surface area contributed by atoms with Gasteiger partial charge < -0.3 is 15.0 Å². The minimum Gasteiger partial charge on any atom is -0.447 e. The molecule has 1 aromatic carbocycles. The molecule has 0 radical (unpaired) electrons. The van der Waals surface area contributed by atoms with Crippen molar-refractivity contribution in [2.75, 3.05) is 24.3 Å². The third kappa shape index (κ3) is 4.08. The fourth-order valence-corrected chi connectivity index (χ4v) is 2.61. The number of carbonyl (C=O) groups excluding carboxylic acids is 2. The molecule has 28 heavy (non-hydrogen) atoms. The first-order valence-corrected chi connectivity index (χ1v) is 8.75. The van der Waals surface area contributed by atoms with Crippen LogP contribution < -0.4 is 10.2 Å². The van der Waals surface area contributed by atoms with Crippen molar-refractivity contribution < 1.29 is 14.3 Å². The molecule has 146 valence electrons. The van der Waals surface area contributed by atoms with Crippen molar-refractivity contribution in [2.45, 2.75) is 26.9 Å². The van der Waals surface area contributed by atoms with Gasteiger partial charge >= 0.3 is 5.97 Å². The van der Waals surface area contributed by atoms with Crippen molar-refractivity contribution in [3.63, 3.8) is 0 Å². The number of fused-ring (bicyclic) bond motifs is 1. The topological polar surface area (TPSA) is 102 Å². The van der Waals surface area contributed by atoms with Gasteiger partial charge in [0.15, 0.2) is 6.10 Å². The van der Waals surface area contributed by atoms with E-state index < -0.39 is 18.0 Å². The Morgan fingerprint density at radius 2 is 1.82 bits per heavy atom. The number of nitrogens with one attached hydrogen (secondary N) is 1. The maximum Gasteiger partial charge on any atom is 0.379 e. The Balaban J connectivity index is 1.66. The SMILES string of the molecule is Cc1cc(C)n2nc(C(=O)OC(C)C(=O)Nc3ccc(N(C)C)cc3)nc2n1. The lowest BCUT2D eigenvalue weighted by Crippen LogP contribution is -2.30. The molecule has 0 spiro atoms. The number of aromatic nitrogens is 4. The van der Waals surface area contributed by atoms with Gasteiger partial charge in [-0.1, -0.05) is 0 Å². The van der Waals surface area contributed by atoms with Crippen molar-refractivity contribution in [1.82, 2.24) is 19.6 Å². The summed E-state index contributed by atoms with van der Waals surface area (Å²) in [6, 6.07) is 9.15. The number of amides is 1. The van der Waals surface area contributed by atoms with Gasteiger partial charge in [-0.25, -0.2) is 14.3 Å². The van der Waals surface area contributed by atoms with Crippen LogP contribution in [0.25, 0.3) is 5.78 Å². The highest BCUT2D eigenvalue weighted by Crippen LogP contribution is 2.16. The van der Waals surface area contributed by atoms with Crippen LogP contribution in [0.1, 0.15) is 28.9 Å². The molecule has 1 atom stereocenters. The first-order valence-electron chi connectivity index (χ1n) is 8.75. The number of nitrogens with zero attached hydrogens (tertiary/aromatic N) is 5. The Bertz CT molecular complexity index is 1030. The summed E-state index contributed by atoms with van der Waals surface area (Å²) in [4.78, 5) is 34.9. The fraction of sp³-hybridized carbons (Fsp3) is 0.316. The van der Waals surface area contributed by atoms with Crippen LogP contribution in [0.15, 0.2) is 30.3 Å². The number of esters is 1. The summed E-state index contributed by atoms with van der Waals surface area (Å²) in [5.74, 6) is -1.06. The fourth-order valence-electron chi connectivity index (χ4n) is 2.61. The summed E-state index contributed by atoms with van der Waals surface area (Å²) in [6.07, 6.45) is -1.01. The van der Waals surface area contributed by atoms with E-state index in [1.807, 2.05) is 51.0 Å². The summed E-state index contributed by atoms with van der Waals surface area (Å²) in [7, 11) is 3.86. The zero-order chi connectivity index (χ0) is 20.4. The van der Waals surface area contributed by atoms with E-state index in [4.69, 9.17) is 4.74 Å². The Morgan fingerprint density at radius 1 is 1.14 bits per heavy atom. The molecule has 3 aromatic rings. The highest BCUT2D eigenvalue weighted by molar-refractivity contribution is 5.96. The van der Waals surface area contributed by atoms with Gasteiger partial charge in [-0.15, -0.1) is 5.10 Å². The Kier molecular flexibility index (Phi) is 5.25. The summed E-state index contributed by atoms with van der Waals surface area (Å²) in [5, 5.41) is 6.82. The molecule has 0 aliphatic heterocycles. The predicted molar refractivity (Wildman–Crippen MR) is 105 cm³/mol. The molecular formula is C19H22N6O3. The summed E-state index contributed by atoms with van der Waals surface area (Å²) in [5.41, 5.74) is 3.18. The molecule has 0 fully saturated rings. The number of ether oxygens (including phenoxy) is 1. The molecule has 9 heteroatoms. The standard InChI is InChI=1S/C19H22N6O3/c1-11-10-12(2)25-19(20-11)22-16(23-25)18(27)28-13(3)17(26)21-14-6-8-15(9-7-14)24(4)5/h6-10,13H,1-5H3,(H,21,26). The third-order valence-electron chi connectivity index (χ3n) is 4.11. The quantitative estimate of drug-likeness (QED) is 0.673. The van der Waals surface area contributed by atoms with Gasteiger partial charge in [0.25, 0.3) is 17.5 Å². The molecule has 2 aromatic heterocycles. The molecule has 0 saturated heterocycles. The van der Waals surface area contributed by atoms with E-state index in [1.54, 1.807) is 12.1 Å². The number of hydrogen-bond acceptors (Lipinski definition) is 7. The lowest BCUT2D eigenvalue weighted by atomic mass is 10.2. The monoisotopic (exact) mass is 382 g/mol. The van der Waals surface area contributed by atoms with Crippen molar-refractivity contribution in [3.8, 4) is 0 Å². The first kappa shape index (κ1) is 19.3. The van der Waals surface area contributed by atoms with Crippen LogP contribution in [-0.4, -0.2) is 51.7 Å². The average Bonchev–Trinajstić information content (AvgIpc) is 3.06. The van der Waals surface area contributed by atoms with E-state index in [2.05, 4.69) is 20.4 Å². The van der Waals surface area contributed by atoms with E-state index in [0.29, 0.717) is 11.5 Å². The minimum absolute atomic E-state index is 0.142. The van der Waals surface area contributed by atoms with Crippen molar-refractivity contribution >= 4 is 29.0 Å². The van der Waals surface area contributed by atoms with E-state index in [-0.39, 0.29) is 5.82 Å². The summed E-state index contributed by atoms with van der Waals surface area (Å²) >= 11 is 0. The molecule has 0 bridgehead atoms. The van der Waals surface area contributed by atoms with Crippen molar-refractivity contribution in [1.29, 1.82) is 0 Å². The van der Waals surface area contributed by atoms with Crippen LogP contribution in [0.5, 0.6) is 0 Å². The van der Waals surface area contributed by atoms with Crippen molar-refractivity contribution in [2.24, 2.45) is 0 Å². The van der Waals surface area contributed by atoms with Crippen LogP contribution in [0.4, 0.5) is 11.4 Å². The van der Waals surface area contributed by atoms with E-state index in [9.17, 15) is 9.59 Å². The molecule has 9 nitrogen and oxygen atoms in total. The van der Waals surface area contributed by atoms with Gasteiger partial charge in [0.2, 0.25) is 0 Å². The predicted octanol–water partition coefficient (Wildman–Crippen LogP) is 1.99. The van der Waals surface area contributed by atoms with Gasteiger partial charge in [-0.2, -0.15) is 4.98 Å². The summed E-state index contributed by atoms with van der Waals surface area (Å²) in [6.45, 7) is 5.16. The van der Waals surface area contributed by atoms with Crippen LogP contribution >= 0.6 is 0 Å². The lowest BCUT2D eigenvalue weighted by molar-refractivity contribution is -0.123. The zero-order valence-corrected chi connectivity index (χ0v) is 16.4. The zero-order valence-electron chi connectivity index (χ0n) is 16.4. The number of carbonyl (C=O) groups is 2. The number of benzene rings is 1. The van der Waals surface area contributed by atoms with E-state index in [0.717, 1.165) is 17.1 Å². The number of hydrogen-bond donors (Lipinski definition) is 1. The second-order valence-electron chi connectivity index (χ2n) is 6.66. The average molecular weight is 382 g/mol. The van der Waals surface area contributed by atoms with Gasteiger partial charge in [0, 0.05) is 36.9 Å². The number of rotatable bonds is 5. The molecule has 3 rings (SSSR count). The van der Waals surface area contributed by atoms with Crippen LogP contribution in [0, 0.1) is 13.8 Å². The molecule has 1 amide bonds. The second-order valence-corrected chi connectivity index (χ2v) is 6.66. The van der Waals surface area contributed by atoms with E-state index >= 15 is 0 Å².